The van der Waals surface area contributed by atoms with Crippen molar-refractivity contribution in [2.24, 2.45) is 5.73 Å². The summed E-state index contributed by atoms with van der Waals surface area (Å²) in [6.45, 7) is 9.88. The lowest BCUT2D eigenvalue weighted by Gasteiger charge is -2.20. The molecule has 0 fully saturated rings. The highest BCUT2D eigenvalue weighted by Gasteiger charge is 2.12. The van der Waals surface area contributed by atoms with Gasteiger partial charge in [-0.3, -0.25) is 9.69 Å². The molecule has 1 unspecified atom stereocenters. The van der Waals surface area contributed by atoms with Crippen molar-refractivity contribution in [2.45, 2.75) is 52.7 Å². The second-order valence-electron chi connectivity index (χ2n) is 5.34. The van der Waals surface area contributed by atoms with Crippen molar-refractivity contribution >= 4 is 5.91 Å². The topological polar surface area (TPSA) is 58.4 Å². The van der Waals surface area contributed by atoms with Gasteiger partial charge in [-0.2, -0.15) is 0 Å². The van der Waals surface area contributed by atoms with Gasteiger partial charge in [0.2, 0.25) is 5.91 Å². The summed E-state index contributed by atoms with van der Waals surface area (Å²) in [7, 11) is 0. The Kier molecular flexibility index (Phi) is 8.01. The third kappa shape index (κ3) is 5.86. The third-order valence-electron chi connectivity index (χ3n) is 3.80. The van der Waals surface area contributed by atoms with Crippen LogP contribution in [0.2, 0.25) is 0 Å². The first-order valence-corrected chi connectivity index (χ1v) is 7.94. The highest BCUT2D eigenvalue weighted by molar-refractivity contribution is 5.81. The van der Waals surface area contributed by atoms with Gasteiger partial charge in [0.05, 0.1) is 6.04 Å². The number of rotatable bonds is 9. The molecule has 0 aliphatic rings. The lowest BCUT2D eigenvalue weighted by atomic mass is 10.1. The van der Waals surface area contributed by atoms with E-state index in [1.165, 1.54) is 11.1 Å². The minimum Gasteiger partial charge on any atom is -0.351 e. The summed E-state index contributed by atoms with van der Waals surface area (Å²) in [4.78, 5) is 14.3. The first-order chi connectivity index (χ1) is 10.1. The van der Waals surface area contributed by atoms with E-state index in [0.29, 0.717) is 6.54 Å². The fourth-order valence-corrected chi connectivity index (χ4v) is 2.33. The van der Waals surface area contributed by atoms with Crippen LogP contribution in [0.25, 0.3) is 0 Å². The van der Waals surface area contributed by atoms with E-state index in [0.717, 1.165) is 32.5 Å². The van der Waals surface area contributed by atoms with Crippen molar-refractivity contribution in [2.75, 3.05) is 13.1 Å². The molecule has 0 aromatic heterocycles. The van der Waals surface area contributed by atoms with Crippen LogP contribution in [0.4, 0.5) is 0 Å². The van der Waals surface area contributed by atoms with Gasteiger partial charge >= 0.3 is 0 Å². The number of nitrogens with two attached hydrogens (primary N) is 1. The summed E-state index contributed by atoms with van der Waals surface area (Å²) in [5.74, 6) is -0.0607. The molecule has 0 radical (unpaired) electrons. The van der Waals surface area contributed by atoms with Crippen LogP contribution in [-0.4, -0.2) is 29.9 Å². The number of carbonyl (C=O) groups excluding carboxylic acids is 1. The zero-order valence-electron chi connectivity index (χ0n) is 13.6. The molecule has 0 bridgehead atoms. The number of hydrogen-bond donors (Lipinski definition) is 2. The van der Waals surface area contributed by atoms with Crippen LogP contribution in [0, 0.1) is 0 Å². The third-order valence-corrected chi connectivity index (χ3v) is 3.80. The fourth-order valence-electron chi connectivity index (χ4n) is 2.33. The first-order valence-electron chi connectivity index (χ1n) is 7.94. The largest absolute Gasteiger partial charge is 0.351 e. The second-order valence-corrected chi connectivity index (χ2v) is 5.34. The Morgan fingerprint density at radius 1 is 1.19 bits per heavy atom. The van der Waals surface area contributed by atoms with Gasteiger partial charge in [-0.25, -0.2) is 0 Å². The van der Waals surface area contributed by atoms with Crippen LogP contribution in [0.5, 0.6) is 0 Å². The lowest BCUT2D eigenvalue weighted by Crippen LogP contribution is -2.40. The van der Waals surface area contributed by atoms with Gasteiger partial charge in [0.25, 0.3) is 0 Å². The normalized spacial score (nSPS) is 12.4. The standard InChI is InChI=1S/C17H29N3O/c1-4-9-16(18)17(21)19-12-14-10-7-8-11-15(14)13-20(5-2)6-3/h7-8,10-11,16H,4-6,9,12-13,18H2,1-3H3,(H,19,21). The van der Waals surface area contributed by atoms with Crippen molar-refractivity contribution in [3.63, 3.8) is 0 Å². The maximum atomic E-state index is 11.9. The van der Waals surface area contributed by atoms with Crippen molar-refractivity contribution in [3.05, 3.63) is 35.4 Å². The van der Waals surface area contributed by atoms with Crippen LogP contribution in [0.1, 0.15) is 44.7 Å². The van der Waals surface area contributed by atoms with Crippen LogP contribution < -0.4 is 11.1 Å². The molecule has 0 spiro atoms. The van der Waals surface area contributed by atoms with E-state index >= 15 is 0 Å². The van der Waals surface area contributed by atoms with Gasteiger partial charge in [0, 0.05) is 13.1 Å². The average molecular weight is 291 g/mol. The van der Waals surface area contributed by atoms with E-state index in [-0.39, 0.29) is 5.91 Å². The molecule has 21 heavy (non-hydrogen) atoms. The molecule has 0 aliphatic heterocycles. The highest BCUT2D eigenvalue weighted by atomic mass is 16.2. The van der Waals surface area contributed by atoms with Crippen molar-refractivity contribution in [3.8, 4) is 0 Å². The summed E-state index contributed by atoms with van der Waals surface area (Å²) < 4.78 is 0. The Balaban J connectivity index is 2.64. The molecular weight excluding hydrogens is 262 g/mol. The zero-order chi connectivity index (χ0) is 15.7. The molecular formula is C17H29N3O. The molecule has 0 saturated heterocycles. The molecule has 4 nitrogen and oxygen atoms in total. The SMILES string of the molecule is CCCC(N)C(=O)NCc1ccccc1CN(CC)CC. The summed E-state index contributed by atoms with van der Waals surface area (Å²) in [5.41, 5.74) is 8.27. The van der Waals surface area contributed by atoms with Gasteiger partial charge in [-0.05, 0) is 30.6 Å². The Morgan fingerprint density at radius 3 is 2.38 bits per heavy atom. The molecule has 1 aromatic carbocycles. The van der Waals surface area contributed by atoms with Crippen molar-refractivity contribution < 1.29 is 4.79 Å². The van der Waals surface area contributed by atoms with Gasteiger partial charge < -0.3 is 11.1 Å². The van der Waals surface area contributed by atoms with E-state index < -0.39 is 6.04 Å². The maximum Gasteiger partial charge on any atom is 0.237 e. The molecule has 1 atom stereocenters. The maximum absolute atomic E-state index is 11.9. The van der Waals surface area contributed by atoms with E-state index in [2.05, 4.69) is 36.2 Å². The average Bonchev–Trinajstić information content (AvgIpc) is 2.51. The number of nitrogens with zero attached hydrogens (tertiary/aromatic N) is 1. The minimum absolute atomic E-state index is 0.0607. The Hall–Kier alpha value is -1.39. The molecule has 118 valence electrons. The van der Waals surface area contributed by atoms with Crippen LogP contribution >= 0.6 is 0 Å². The summed E-state index contributed by atoms with van der Waals surface area (Å²) >= 11 is 0. The van der Waals surface area contributed by atoms with Gasteiger partial charge in [0.1, 0.15) is 0 Å². The number of amides is 1. The molecule has 0 saturated carbocycles. The number of hydrogen-bond acceptors (Lipinski definition) is 3. The zero-order valence-corrected chi connectivity index (χ0v) is 13.6. The molecule has 1 aromatic rings. The molecule has 0 heterocycles. The van der Waals surface area contributed by atoms with Crippen LogP contribution in [0.3, 0.4) is 0 Å². The van der Waals surface area contributed by atoms with Crippen molar-refractivity contribution in [1.29, 1.82) is 0 Å². The Labute approximate surface area is 128 Å². The minimum atomic E-state index is -0.398. The number of carbonyl (C=O) groups is 1. The molecule has 0 aliphatic carbocycles. The first kappa shape index (κ1) is 17.7. The van der Waals surface area contributed by atoms with Crippen LogP contribution in [-0.2, 0) is 17.9 Å². The predicted octanol–water partition coefficient (Wildman–Crippen LogP) is 2.27. The Bertz CT molecular complexity index is 430. The Morgan fingerprint density at radius 2 is 1.81 bits per heavy atom. The summed E-state index contributed by atoms with van der Waals surface area (Å²) in [6.07, 6.45) is 1.65. The molecule has 1 amide bonds. The molecule has 3 N–H and O–H groups in total. The molecule has 4 heteroatoms. The van der Waals surface area contributed by atoms with E-state index in [1.54, 1.807) is 0 Å². The monoisotopic (exact) mass is 291 g/mol. The van der Waals surface area contributed by atoms with E-state index in [4.69, 9.17) is 5.73 Å². The summed E-state index contributed by atoms with van der Waals surface area (Å²) in [6, 6.07) is 7.87. The van der Waals surface area contributed by atoms with Crippen LogP contribution in [0.15, 0.2) is 24.3 Å². The quantitative estimate of drug-likeness (QED) is 0.734. The second kappa shape index (κ2) is 9.53. The van der Waals surface area contributed by atoms with Crippen molar-refractivity contribution in [1.82, 2.24) is 10.2 Å². The molecule has 1 rings (SSSR count). The summed E-state index contributed by atoms with van der Waals surface area (Å²) in [5, 5.41) is 2.95. The number of benzene rings is 1. The van der Waals surface area contributed by atoms with E-state index in [1.807, 2.05) is 19.1 Å². The van der Waals surface area contributed by atoms with Gasteiger partial charge in [0.15, 0.2) is 0 Å². The lowest BCUT2D eigenvalue weighted by molar-refractivity contribution is -0.122. The van der Waals surface area contributed by atoms with Gasteiger partial charge in [-0.1, -0.05) is 51.5 Å². The predicted molar refractivity (Wildman–Crippen MR) is 87.8 cm³/mol. The van der Waals surface area contributed by atoms with Gasteiger partial charge in [-0.15, -0.1) is 0 Å². The number of nitrogens with one attached hydrogen (secondary N) is 1. The highest BCUT2D eigenvalue weighted by Crippen LogP contribution is 2.11. The smallest absolute Gasteiger partial charge is 0.237 e. The van der Waals surface area contributed by atoms with E-state index in [9.17, 15) is 4.79 Å². The fraction of sp³-hybridized carbons (Fsp3) is 0.588.